The number of aliphatic hydroxyl groups excluding tert-OH is 1. The Kier molecular flexibility index (Phi) is 2.36. The zero-order valence-electron chi connectivity index (χ0n) is 8.71. The molecule has 0 saturated carbocycles. The van der Waals surface area contributed by atoms with Gasteiger partial charge in [0.25, 0.3) is 0 Å². The number of ether oxygens (including phenoxy) is 1. The summed E-state index contributed by atoms with van der Waals surface area (Å²) in [5, 5.41) is 9.71. The van der Waals surface area contributed by atoms with Gasteiger partial charge in [-0.05, 0) is 18.9 Å². The fourth-order valence-corrected chi connectivity index (χ4v) is 2.02. The lowest BCUT2D eigenvalue weighted by atomic mass is 9.98. The van der Waals surface area contributed by atoms with Crippen molar-refractivity contribution >= 4 is 0 Å². The van der Waals surface area contributed by atoms with Crippen LogP contribution in [0.25, 0.3) is 0 Å². The molecule has 0 aromatic heterocycles. The predicted octanol–water partition coefficient (Wildman–Crippen LogP) is 3.09. The van der Waals surface area contributed by atoms with Crippen LogP contribution in [-0.4, -0.2) is 12.2 Å². The van der Waals surface area contributed by atoms with Gasteiger partial charge in [0.15, 0.2) is 0 Å². The Morgan fingerprint density at radius 3 is 2.93 bits per heavy atom. The molecule has 76 valence electrons. The first-order chi connectivity index (χ1) is 6.79. The summed E-state index contributed by atoms with van der Waals surface area (Å²) in [4.78, 5) is 0. The van der Waals surface area contributed by atoms with Crippen LogP contribution in [0.15, 0.2) is 34.8 Å². The van der Waals surface area contributed by atoms with Gasteiger partial charge in [-0.25, -0.2) is 0 Å². The number of methoxy groups -OCH3 is 1. The van der Waals surface area contributed by atoms with Crippen LogP contribution in [0, 0.1) is 5.92 Å². The van der Waals surface area contributed by atoms with Gasteiger partial charge in [-0.3, -0.25) is 0 Å². The highest BCUT2D eigenvalue weighted by molar-refractivity contribution is 5.59. The zero-order chi connectivity index (χ0) is 10.1. The lowest BCUT2D eigenvalue weighted by Crippen LogP contribution is -1.95. The molecule has 2 heteroatoms. The third-order valence-corrected chi connectivity index (χ3v) is 2.86. The highest BCUT2D eigenvalue weighted by atomic mass is 16.5. The Balaban J connectivity index is 2.17. The second-order valence-corrected chi connectivity index (χ2v) is 3.79. The number of hydrogen-bond acceptors (Lipinski definition) is 2. The minimum Gasteiger partial charge on any atom is -0.508 e. The van der Waals surface area contributed by atoms with Gasteiger partial charge in [0.2, 0.25) is 0 Å². The van der Waals surface area contributed by atoms with Crippen LogP contribution in [0.2, 0.25) is 0 Å². The molecule has 1 unspecified atom stereocenters. The highest BCUT2D eigenvalue weighted by Crippen LogP contribution is 2.50. The molecule has 1 atom stereocenters. The summed E-state index contributed by atoms with van der Waals surface area (Å²) in [7, 11) is 1.70. The number of rotatable bonds is 4. The minimum absolute atomic E-state index is 0.364. The van der Waals surface area contributed by atoms with Crippen molar-refractivity contribution in [3.63, 3.8) is 0 Å². The van der Waals surface area contributed by atoms with Crippen LogP contribution >= 0.6 is 0 Å². The van der Waals surface area contributed by atoms with E-state index in [4.69, 9.17) is 4.74 Å². The van der Waals surface area contributed by atoms with E-state index in [1.165, 1.54) is 5.57 Å². The van der Waals surface area contributed by atoms with Gasteiger partial charge in [0.05, 0.1) is 13.0 Å². The number of hydrogen-bond donors (Lipinski definition) is 1. The van der Waals surface area contributed by atoms with Crippen molar-refractivity contribution in [1.82, 2.24) is 0 Å². The maximum Gasteiger partial charge on any atom is 0.118 e. The second-order valence-electron chi connectivity index (χ2n) is 3.79. The Morgan fingerprint density at radius 2 is 2.29 bits per heavy atom. The molecule has 0 aromatic rings. The van der Waals surface area contributed by atoms with Gasteiger partial charge in [0, 0.05) is 11.1 Å². The van der Waals surface area contributed by atoms with Crippen molar-refractivity contribution in [3.8, 4) is 0 Å². The Morgan fingerprint density at radius 1 is 1.50 bits per heavy atom. The summed E-state index contributed by atoms with van der Waals surface area (Å²) < 4.78 is 5.25. The van der Waals surface area contributed by atoms with Crippen molar-refractivity contribution in [2.45, 2.75) is 26.2 Å². The SMILES string of the molecule is CCCCC1=C(O)C=CC2C(OC)=C12. The van der Waals surface area contributed by atoms with E-state index in [9.17, 15) is 5.11 Å². The van der Waals surface area contributed by atoms with Crippen LogP contribution in [0.4, 0.5) is 0 Å². The van der Waals surface area contributed by atoms with Gasteiger partial charge in [-0.2, -0.15) is 0 Å². The smallest absolute Gasteiger partial charge is 0.118 e. The van der Waals surface area contributed by atoms with E-state index in [1.54, 1.807) is 13.2 Å². The third kappa shape index (κ3) is 1.35. The van der Waals surface area contributed by atoms with Crippen molar-refractivity contribution in [1.29, 1.82) is 0 Å². The maximum absolute atomic E-state index is 9.71. The molecule has 0 saturated heterocycles. The van der Waals surface area contributed by atoms with Gasteiger partial charge in [-0.1, -0.05) is 19.4 Å². The lowest BCUT2D eigenvalue weighted by Gasteiger charge is -2.08. The first-order valence-electron chi connectivity index (χ1n) is 5.18. The number of fused-ring (bicyclic) bond motifs is 1. The van der Waals surface area contributed by atoms with Crippen molar-refractivity contribution in [3.05, 3.63) is 34.8 Å². The molecule has 0 aromatic carbocycles. The molecule has 0 amide bonds. The number of allylic oxidation sites excluding steroid dienone is 4. The van der Waals surface area contributed by atoms with Crippen LogP contribution in [0.1, 0.15) is 26.2 Å². The average Bonchev–Trinajstić information content (AvgIpc) is 2.90. The van der Waals surface area contributed by atoms with Crippen molar-refractivity contribution in [2.75, 3.05) is 7.11 Å². The molecule has 14 heavy (non-hydrogen) atoms. The molecule has 0 bridgehead atoms. The van der Waals surface area contributed by atoms with Crippen molar-refractivity contribution < 1.29 is 9.84 Å². The Hall–Kier alpha value is -1.18. The maximum atomic E-state index is 9.71. The first-order valence-corrected chi connectivity index (χ1v) is 5.18. The summed E-state index contributed by atoms with van der Waals surface area (Å²) in [6.07, 6.45) is 7.04. The normalized spacial score (nSPS) is 24.0. The average molecular weight is 192 g/mol. The molecule has 0 heterocycles. The third-order valence-electron chi connectivity index (χ3n) is 2.86. The number of unbranched alkanes of at least 4 members (excludes halogenated alkanes) is 1. The minimum atomic E-state index is 0.364. The van der Waals surface area contributed by atoms with Crippen LogP contribution < -0.4 is 0 Å². The summed E-state index contributed by atoms with van der Waals surface area (Å²) >= 11 is 0. The van der Waals surface area contributed by atoms with Crippen molar-refractivity contribution in [2.24, 2.45) is 5.92 Å². The quantitative estimate of drug-likeness (QED) is 0.741. The Labute approximate surface area is 84.6 Å². The standard InChI is InChI=1S/C12H16O2/c1-3-4-5-8-10(13)7-6-9-11(8)12(9)14-2/h6-7,9,13H,3-5H2,1-2H3. The molecule has 1 N–H and O–H groups in total. The summed E-state index contributed by atoms with van der Waals surface area (Å²) in [6, 6.07) is 0. The molecule has 2 rings (SSSR count). The first kappa shape index (κ1) is 9.38. The summed E-state index contributed by atoms with van der Waals surface area (Å²) in [5.41, 5.74) is 2.32. The van der Waals surface area contributed by atoms with Gasteiger partial charge in [0.1, 0.15) is 11.5 Å². The molecular formula is C12H16O2. The van der Waals surface area contributed by atoms with E-state index in [2.05, 4.69) is 6.92 Å². The molecule has 2 aliphatic rings. The van der Waals surface area contributed by atoms with Gasteiger partial charge in [-0.15, -0.1) is 0 Å². The topological polar surface area (TPSA) is 29.5 Å². The monoisotopic (exact) mass is 192 g/mol. The van der Waals surface area contributed by atoms with Gasteiger partial charge >= 0.3 is 0 Å². The van der Waals surface area contributed by atoms with E-state index in [0.29, 0.717) is 11.7 Å². The molecule has 2 aliphatic carbocycles. The van der Waals surface area contributed by atoms with E-state index in [1.807, 2.05) is 6.08 Å². The van der Waals surface area contributed by atoms with Gasteiger partial charge < -0.3 is 9.84 Å². The summed E-state index contributed by atoms with van der Waals surface area (Å²) in [5.74, 6) is 1.83. The fraction of sp³-hybridized carbons (Fsp3) is 0.500. The highest BCUT2D eigenvalue weighted by Gasteiger charge is 2.41. The van der Waals surface area contributed by atoms with E-state index >= 15 is 0 Å². The van der Waals surface area contributed by atoms with Crippen LogP contribution in [0.5, 0.6) is 0 Å². The van der Waals surface area contributed by atoms with E-state index in [0.717, 1.165) is 30.6 Å². The summed E-state index contributed by atoms with van der Waals surface area (Å²) in [6.45, 7) is 2.16. The zero-order valence-corrected chi connectivity index (χ0v) is 8.71. The Bertz CT molecular complexity index is 334. The van der Waals surface area contributed by atoms with E-state index < -0.39 is 0 Å². The largest absolute Gasteiger partial charge is 0.508 e. The molecule has 2 nitrogen and oxygen atoms in total. The molecule has 0 aliphatic heterocycles. The molecule has 0 radical (unpaired) electrons. The fourth-order valence-electron chi connectivity index (χ4n) is 2.02. The lowest BCUT2D eigenvalue weighted by molar-refractivity contribution is 0.300. The van der Waals surface area contributed by atoms with E-state index in [-0.39, 0.29) is 0 Å². The second kappa shape index (κ2) is 3.52. The molecule has 0 fully saturated rings. The van der Waals surface area contributed by atoms with Crippen LogP contribution in [0.3, 0.4) is 0 Å². The molecule has 0 spiro atoms. The molecular weight excluding hydrogens is 176 g/mol. The van der Waals surface area contributed by atoms with Crippen LogP contribution in [-0.2, 0) is 4.74 Å². The predicted molar refractivity (Wildman–Crippen MR) is 55.8 cm³/mol. The number of aliphatic hydroxyl groups is 1.